The second-order valence-corrected chi connectivity index (χ2v) is 6.76. The van der Waals surface area contributed by atoms with Crippen molar-refractivity contribution in [3.8, 4) is 11.4 Å². The van der Waals surface area contributed by atoms with Gasteiger partial charge in [0.05, 0.1) is 4.47 Å². The van der Waals surface area contributed by atoms with Gasteiger partial charge in [-0.2, -0.15) is 9.61 Å². The number of hydrogen-bond donors (Lipinski definition) is 0. The highest BCUT2D eigenvalue weighted by molar-refractivity contribution is 9.10. The van der Waals surface area contributed by atoms with Crippen LogP contribution in [0.4, 0.5) is 4.39 Å². The molecule has 0 unspecified atom stereocenters. The number of rotatable bonds is 2. The summed E-state index contributed by atoms with van der Waals surface area (Å²) < 4.78 is 15.5. The van der Waals surface area contributed by atoms with Gasteiger partial charge in [-0.25, -0.2) is 4.39 Å². The maximum Gasteiger partial charge on any atom is 0.234 e. The Hall–Kier alpha value is -1.34. The molecule has 2 aromatic heterocycles. The minimum atomic E-state index is -0.289. The summed E-state index contributed by atoms with van der Waals surface area (Å²) in [6.07, 6.45) is 3.70. The standard InChI is InChI=1S/C13H10BrFN4S/c14-9-6-8(4-5-10(9)15)11-16-17-13-19(11)18-12(20-13)7-2-1-3-7/h4-7H,1-3H2. The number of fused-ring (bicyclic) bond motifs is 1. The summed E-state index contributed by atoms with van der Waals surface area (Å²) >= 11 is 4.79. The Kier molecular flexibility index (Phi) is 2.85. The number of benzene rings is 1. The molecule has 1 fully saturated rings. The highest BCUT2D eigenvalue weighted by Gasteiger charge is 2.25. The molecule has 0 bridgehead atoms. The molecular formula is C13H10BrFN4S. The molecule has 102 valence electrons. The van der Waals surface area contributed by atoms with Gasteiger partial charge in [0.15, 0.2) is 5.82 Å². The predicted molar refractivity (Wildman–Crippen MR) is 78.3 cm³/mol. The lowest BCUT2D eigenvalue weighted by molar-refractivity contribution is 0.415. The molecule has 1 aliphatic carbocycles. The van der Waals surface area contributed by atoms with Gasteiger partial charge in [0, 0.05) is 11.5 Å². The third-order valence-corrected chi connectivity index (χ3v) is 5.31. The summed E-state index contributed by atoms with van der Waals surface area (Å²) in [5.41, 5.74) is 0.802. The Balaban J connectivity index is 1.82. The summed E-state index contributed by atoms with van der Waals surface area (Å²) in [7, 11) is 0. The van der Waals surface area contributed by atoms with Gasteiger partial charge in [0.25, 0.3) is 0 Å². The molecule has 1 saturated carbocycles. The van der Waals surface area contributed by atoms with Crippen LogP contribution < -0.4 is 0 Å². The first-order valence-corrected chi connectivity index (χ1v) is 8.01. The van der Waals surface area contributed by atoms with E-state index in [-0.39, 0.29) is 5.82 Å². The fourth-order valence-corrected chi connectivity index (χ4v) is 3.65. The third kappa shape index (κ3) is 1.88. The molecule has 1 aromatic carbocycles. The zero-order chi connectivity index (χ0) is 13.7. The Morgan fingerprint density at radius 1 is 1.30 bits per heavy atom. The van der Waals surface area contributed by atoms with Crippen LogP contribution >= 0.6 is 27.3 Å². The lowest BCUT2D eigenvalue weighted by atomic mass is 9.86. The first-order valence-electron chi connectivity index (χ1n) is 6.40. The first-order chi connectivity index (χ1) is 9.72. The fraction of sp³-hybridized carbons (Fsp3) is 0.308. The predicted octanol–water partition coefficient (Wildman–Crippen LogP) is 4.02. The van der Waals surface area contributed by atoms with E-state index in [1.807, 2.05) is 0 Å². The molecule has 20 heavy (non-hydrogen) atoms. The molecule has 0 amide bonds. The van der Waals surface area contributed by atoms with Crippen molar-refractivity contribution in [2.75, 3.05) is 0 Å². The van der Waals surface area contributed by atoms with Crippen LogP contribution in [0.3, 0.4) is 0 Å². The SMILES string of the molecule is Fc1ccc(-c2nnc3sc(C4CCC4)nn23)cc1Br. The van der Waals surface area contributed by atoms with Crippen LogP contribution in [-0.2, 0) is 0 Å². The summed E-state index contributed by atoms with van der Waals surface area (Å²) in [6, 6.07) is 4.81. The normalized spacial score (nSPS) is 15.7. The van der Waals surface area contributed by atoms with E-state index in [4.69, 9.17) is 0 Å². The quantitative estimate of drug-likeness (QED) is 0.699. The van der Waals surface area contributed by atoms with Gasteiger partial charge in [0.2, 0.25) is 4.96 Å². The van der Waals surface area contributed by atoms with E-state index in [0.717, 1.165) is 15.5 Å². The summed E-state index contributed by atoms with van der Waals surface area (Å²) in [5, 5.41) is 14.1. The van der Waals surface area contributed by atoms with Gasteiger partial charge in [-0.15, -0.1) is 10.2 Å². The number of hydrogen-bond acceptors (Lipinski definition) is 4. The Labute approximate surface area is 126 Å². The highest BCUT2D eigenvalue weighted by Crippen LogP contribution is 2.38. The molecule has 0 saturated heterocycles. The van der Waals surface area contributed by atoms with E-state index < -0.39 is 0 Å². The zero-order valence-electron chi connectivity index (χ0n) is 10.4. The molecule has 4 nitrogen and oxygen atoms in total. The van der Waals surface area contributed by atoms with Gasteiger partial charge in [-0.3, -0.25) is 0 Å². The summed E-state index contributed by atoms with van der Waals surface area (Å²) in [4.78, 5) is 0.794. The Bertz CT molecular complexity index is 793. The molecule has 0 N–H and O–H groups in total. The molecule has 2 heterocycles. The van der Waals surface area contributed by atoms with Crippen molar-refractivity contribution in [3.63, 3.8) is 0 Å². The van der Waals surface area contributed by atoms with E-state index in [2.05, 4.69) is 31.2 Å². The lowest BCUT2D eigenvalue weighted by Gasteiger charge is -2.21. The minimum absolute atomic E-state index is 0.289. The van der Waals surface area contributed by atoms with Crippen LogP contribution in [0.2, 0.25) is 0 Å². The maximum absolute atomic E-state index is 13.3. The van der Waals surface area contributed by atoms with Crippen molar-refractivity contribution in [2.24, 2.45) is 0 Å². The van der Waals surface area contributed by atoms with Crippen LogP contribution in [0.1, 0.15) is 30.2 Å². The molecule has 4 rings (SSSR count). The Morgan fingerprint density at radius 2 is 2.15 bits per heavy atom. The molecular weight excluding hydrogens is 343 g/mol. The minimum Gasteiger partial charge on any atom is -0.206 e. The van der Waals surface area contributed by atoms with Crippen molar-refractivity contribution in [2.45, 2.75) is 25.2 Å². The fourth-order valence-electron chi connectivity index (χ4n) is 2.27. The largest absolute Gasteiger partial charge is 0.234 e. The average molecular weight is 353 g/mol. The van der Waals surface area contributed by atoms with Crippen LogP contribution in [-0.4, -0.2) is 19.8 Å². The number of nitrogens with zero attached hydrogens (tertiary/aromatic N) is 4. The monoisotopic (exact) mass is 352 g/mol. The van der Waals surface area contributed by atoms with E-state index in [9.17, 15) is 4.39 Å². The summed E-state index contributed by atoms with van der Waals surface area (Å²) in [6.45, 7) is 0. The number of aromatic nitrogens is 4. The average Bonchev–Trinajstić information content (AvgIpc) is 2.90. The van der Waals surface area contributed by atoms with E-state index in [1.54, 1.807) is 28.0 Å². The van der Waals surface area contributed by atoms with E-state index in [1.165, 1.54) is 25.3 Å². The highest BCUT2D eigenvalue weighted by atomic mass is 79.9. The topological polar surface area (TPSA) is 43.1 Å². The molecule has 0 radical (unpaired) electrons. The molecule has 7 heteroatoms. The van der Waals surface area contributed by atoms with Crippen molar-refractivity contribution < 1.29 is 4.39 Å². The molecule has 0 aliphatic heterocycles. The second-order valence-electron chi connectivity index (χ2n) is 4.91. The number of halogens is 2. The van der Waals surface area contributed by atoms with Crippen molar-refractivity contribution in [3.05, 3.63) is 33.5 Å². The lowest BCUT2D eigenvalue weighted by Crippen LogP contribution is -2.08. The van der Waals surface area contributed by atoms with E-state index >= 15 is 0 Å². The van der Waals surface area contributed by atoms with Gasteiger partial charge in [-0.1, -0.05) is 17.8 Å². The van der Waals surface area contributed by atoms with Gasteiger partial charge in [-0.05, 0) is 47.0 Å². The maximum atomic E-state index is 13.3. The van der Waals surface area contributed by atoms with Crippen molar-refractivity contribution >= 4 is 32.2 Å². The molecule has 0 atom stereocenters. The smallest absolute Gasteiger partial charge is 0.206 e. The third-order valence-electron chi connectivity index (χ3n) is 3.64. The van der Waals surface area contributed by atoms with Gasteiger partial charge in [0.1, 0.15) is 10.8 Å². The van der Waals surface area contributed by atoms with Gasteiger partial charge < -0.3 is 0 Å². The first kappa shape index (κ1) is 12.4. The van der Waals surface area contributed by atoms with Crippen molar-refractivity contribution in [1.82, 2.24) is 19.8 Å². The van der Waals surface area contributed by atoms with Crippen LogP contribution in [0.5, 0.6) is 0 Å². The molecule has 3 aromatic rings. The summed E-state index contributed by atoms with van der Waals surface area (Å²) in [5.74, 6) is 0.944. The van der Waals surface area contributed by atoms with E-state index in [0.29, 0.717) is 16.2 Å². The van der Waals surface area contributed by atoms with Crippen LogP contribution in [0.25, 0.3) is 16.3 Å². The van der Waals surface area contributed by atoms with Crippen LogP contribution in [0, 0.1) is 5.82 Å². The Morgan fingerprint density at radius 3 is 2.85 bits per heavy atom. The van der Waals surface area contributed by atoms with Gasteiger partial charge >= 0.3 is 0 Å². The second kappa shape index (κ2) is 4.60. The molecule has 1 aliphatic rings. The molecule has 0 spiro atoms. The van der Waals surface area contributed by atoms with Crippen LogP contribution in [0.15, 0.2) is 22.7 Å². The zero-order valence-corrected chi connectivity index (χ0v) is 12.8. The van der Waals surface area contributed by atoms with Crippen molar-refractivity contribution in [1.29, 1.82) is 0 Å².